The van der Waals surface area contributed by atoms with Gasteiger partial charge in [-0.15, -0.1) is 0 Å². The molecule has 0 heterocycles. The van der Waals surface area contributed by atoms with E-state index >= 15 is 0 Å². The highest BCUT2D eigenvalue weighted by Crippen LogP contribution is 2.15. The summed E-state index contributed by atoms with van der Waals surface area (Å²) < 4.78 is 4.95. The van der Waals surface area contributed by atoms with Gasteiger partial charge in [0.15, 0.2) is 6.23 Å². The normalized spacial score (nSPS) is 11.8. The summed E-state index contributed by atoms with van der Waals surface area (Å²) >= 11 is 0. The summed E-state index contributed by atoms with van der Waals surface area (Å²) in [6.45, 7) is 0. The molecule has 1 aromatic rings. The Kier molecular flexibility index (Phi) is 3.20. The number of hydrogen-bond acceptors (Lipinski definition) is 3. The molecular formula is C9H9NO2. The highest BCUT2D eigenvalue weighted by atomic mass is 16.5. The van der Waals surface area contributed by atoms with Crippen molar-refractivity contribution in [2.24, 2.45) is 4.99 Å². The maximum absolute atomic E-state index is 9.98. The van der Waals surface area contributed by atoms with Gasteiger partial charge in [0.1, 0.15) is 0 Å². The molecule has 1 unspecified atom stereocenters. The van der Waals surface area contributed by atoms with Gasteiger partial charge in [0.05, 0.1) is 0 Å². The Morgan fingerprint density at radius 3 is 2.58 bits per heavy atom. The van der Waals surface area contributed by atoms with Gasteiger partial charge in [0, 0.05) is 12.7 Å². The predicted octanol–water partition coefficient (Wildman–Crippen LogP) is 1.67. The largest absolute Gasteiger partial charge is 0.355 e. The molecule has 1 atom stereocenters. The van der Waals surface area contributed by atoms with Gasteiger partial charge < -0.3 is 4.74 Å². The molecule has 0 aliphatic heterocycles. The summed E-state index contributed by atoms with van der Waals surface area (Å²) in [5.41, 5.74) is 0.850. The minimum absolute atomic E-state index is 0.524. The fraction of sp³-hybridized carbons (Fsp3) is 0.222. The molecule has 0 saturated carbocycles. The molecule has 62 valence electrons. The second-order valence-electron chi connectivity index (χ2n) is 2.22. The van der Waals surface area contributed by atoms with Crippen molar-refractivity contribution in [2.45, 2.75) is 6.23 Å². The van der Waals surface area contributed by atoms with E-state index in [1.807, 2.05) is 30.3 Å². The maximum Gasteiger partial charge on any atom is 0.238 e. The first-order valence-electron chi connectivity index (χ1n) is 3.53. The predicted molar refractivity (Wildman–Crippen MR) is 44.3 cm³/mol. The number of ether oxygens (including phenoxy) is 1. The number of benzene rings is 1. The van der Waals surface area contributed by atoms with Crippen LogP contribution >= 0.6 is 0 Å². The van der Waals surface area contributed by atoms with Crippen LogP contribution in [0.4, 0.5) is 0 Å². The van der Waals surface area contributed by atoms with Crippen LogP contribution in [0.3, 0.4) is 0 Å². The van der Waals surface area contributed by atoms with E-state index in [9.17, 15) is 4.79 Å². The number of isocyanates is 1. The first-order valence-corrected chi connectivity index (χ1v) is 3.53. The number of nitrogens with zero attached hydrogens (tertiary/aromatic N) is 1. The zero-order chi connectivity index (χ0) is 8.81. The standard InChI is InChI=1S/C9H9NO2/c1-12-9(10-7-11)8-5-3-2-4-6-8/h2-6,9H,1H3. The number of methoxy groups -OCH3 is 1. The van der Waals surface area contributed by atoms with Crippen molar-refractivity contribution in [3.8, 4) is 0 Å². The van der Waals surface area contributed by atoms with Crippen LogP contribution in [0.25, 0.3) is 0 Å². The summed E-state index contributed by atoms with van der Waals surface area (Å²) in [5.74, 6) is 0. The molecule has 0 aliphatic carbocycles. The molecule has 0 aromatic heterocycles. The summed E-state index contributed by atoms with van der Waals surface area (Å²) in [7, 11) is 1.50. The average Bonchev–Trinajstić information content (AvgIpc) is 2.15. The first-order chi connectivity index (χ1) is 5.88. The summed E-state index contributed by atoms with van der Waals surface area (Å²) in [5, 5.41) is 0. The van der Waals surface area contributed by atoms with E-state index < -0.39 is 6.23 Å². The van der Waals surface area contributed by atoms with Gasteiger partial charge in [-0.25, -0.2) is 4.79 Å². The molecule has 3 nitrogen and oxygen atoms in total. The molecular weight excluding hydrogens is 154 g/mol. The van der Waals surface area contributed by atoms with Crippen molar-refractivity contribution in [3.05, 3.63) is 35.9 Å². The SMILES string of the molecule is COC(N=C=O)c1ccccc1. The zero-order valence-electron chi connectivity index (χ0n) is 6.73. The van der Waals surface area contributed by atoms with Crippen molar-refractivity contribution in [3.63, 3.8) is 0 Å². The molecule has 0 aliphatic rings. The van der Waals surface area contributed by atoms with Crippen LogP contribution in [-0.2, 0) is 9.53 Å². The monoisotopic (exact) mass is 163 g/mol. The van der Waals surface area contributed by atoms with E-state index in [4.69, 9.17) is 4.74 Å². The van der Waals surface area contributed by atoms with E-state index in [1.165, 1.54) is 13.2 Å². The second kappa shape index (κ2) is 4.44. The molecule has 0 saturated heterocycles. The van der Waals surface area contributed by atoms with Crippen molar-refractivity contribution in [1.82, 2.24) is 0 Å². The van der Waals surface area contributed by atoms with Gasteiger partial charge in [-0.2, -0.15) is 4.99 Å². The zero-order valence-corrected chi connectivity index (χ0v) is 6.73. The van der Waals surface area contributed by atoms with Crippen molar-refractivity contribution in [2.75, 3.05) is 7.11 Å². The van der Waals surface area contributed by atoms with Gasteiger partial charge in [-0.05, 0) is 0 Å². The Morgan fingerprint density at radius 1 is 1.42 bits per heavy atom. The number of hydrogen-bond donors (Lipinski definition) is 0. The lowest BCUT2D eigenvalue weighted by atomic mass is 10.2. The number of rotatable bonds is 3. The van der Waals surface area contributed by atoms with Crippen LogP contribution in [0.2, 0.25) is 0 Å². The second-order valence-corrected chi connectivity index (χ2v) is 2.22. The fourth-order valence-corrected chi connectivity index (χ4v) is 0.929. The lowest BCUT2D eigenvalue weighted by Gasteiger charge is -2.07. The Labute approximate surface area is 70.7 Å². The molecule has 0 N–H and O–H groups in total. The van der Waals surface area contributed by atoms with Crippen molar-refractivity contribution in [1.29, 1.82) is 0 Å². The quantitative estimate of drug-likeness (QED) is 0.502. The summed E-state index contributed by atoms with van der Waals surface area (Å²) in [6, 6.07) is 9.30. The first kappa shape index (κ1) is 8.65. The van der Waals surface area contributed by atoms with Crippen molar-refractivity contribution < 1.29 is 9.53 Å². The minimum atomic E-state index is -0.524. The highest BCUT2D eigenvalue weighted by molar-refractivity contribution is 5.34. The van der Waals surface area contributed by atoms with Gasteiger partial charge in [0.25, 0.3) is 0 Å². The molecule has 0 amide bonds. The van der Waals surface area contributed by atoms with Crippen LogP contribution in [-0.4, -0.2) is 13.2 Å². The Bertz CT molecular complexity index is 278. The molecule has 0 bridgehead atoms. The van der Waals surface area contributed by atoms with Crippen LogP contribution in [0.1, 0.15) is 11.8 Å². The van der Waals surface area contributed by atoms with Crippen LogP contribution < -0.4 is 0 Å². The minimum Gasteiger partial charge on any atom is -0.355 e. The van der Waals surface area contributed by atoms with Gasteiger partial charge in [-0.1, -0.05) is 30.3 Å². The van der Waals surface area contributed by atoms with Gasteiger partial charge in [-0.3, -0.25) is 0 Å². The summed E-state index contributed by atoms with van der Waals surface area (Å²) in [4.78, 5) is 13.5. The van der Waals surface area contributed by atoms with Gasteiger partial charge in [0.2, 0.25) is 6.08 Å². The third kappa shape index (κ3) is 2.02. The van der Waals surface area contributed by atoms with Gasteiger partial charge >= 0.3 is 0 Å². The number of carbonyl (C=O) groups excluding carboxylic acids is 1. The Balaban J connectivity index is 2.87. The molecule has 0 radical (unpaired) electrons. The molecule has 0 fully saturated rings. The third-order valence-electron chi connectivity index (χ3n) is 1.48. The number of aliphatic imine (C=N–C) groups is 1. The lowest BCUT2D eigenvalue weighted by molar-refractivity contribution is 0.111. The van der Waals surface area contributed by atoms with E-state index in [0.717, 1.165) is 5.56 Å². The van der Waals surface area contributed by atoms with E-state index in [-0.39, 0.29) is 0 Å². The van der Waals surface area contributed by atoms with E-state index in [2.05, 4.69) is 4.99 Å². The van der Waals surface area contributed by atoms with Crippen LogP contribution in [0.15, 0.2) is 35.3 Å². The highest BCUT2D eigenvalue weighted by Gasteiger charge is 2.05. The fourth-order valence-electron chi connectivity index (χ4n) is 0.929. The maximum atomic E-state index is 9.98. The Hall–Kier alpha value is -1.44. The van der Waals surface area contributed by atoms with E-state index in [0.29, 0.717) is 0 Å². The molecule has 1 aromatic carbocycles. The van der Waals surface area contributed by atoms with Crippen LogP contribution in [0, 0.1) is 0 Å². The van der Waals surface area contributed by atoms with E-state index in [1.54, 1.807) is 0 Å². The summed E-state index contributed by atoms with van der Waals surface area (Å²) in [6.07, 6.45) is 0.943. The smallest absolute Gasteiger partial charge is 0.238 e. The Morgan fingerprint density at radius 2 is 2.08 bits per heavy atom. The molecule has 0 spiro atoms. The lowest BCUT2D eigenvalue weighted by Crippen LogP contribution is -1.96. The topological polar surface area (TPSA) is 38.7 Å². The van der Waals surface area contributed by atoms with Crippen LogP contribution in [0.5, 0.6) is 0 Å². The molecule has 3 heteroatoms. The molecule has 1 rings (SSSR count). The average molecular weight is 163 g/mol. The molecule has 12 heavy (non-hydrogen) atoms. The third-order valence-corrected chi connectivity index (χ3v) is 1.48. The van der Waals surface area contributed by atoms with Crippen molar-refractivity contribution >= 4 is 6.08 Å².